The third kappa shape index (κ3) is 3.39. The van der Waals surface area contributed by atoms with Crippen molar-refractivity contribution in [2.24, 2.45) is 5.73 Å². The van der Waals surface area contributed by atoms with Crippen molar-refractivity contribution in [2.75, 3.05) is 6.54 Å². The standard InChI is InChI=1S/C14H13Cl2NO/c15-11-4-6-13(7-5-11)18-14(9-17)10-2-1-3-12(16)8-10/h1-8,14H,9,17H2. The van der Waals surface area contributed by atoms with Crippen LogP contribution in [0.2, 0.25) is 10.0 Å². The van der Waals surface area contributed by atoms with Gasteiger partial charge in [0.15, 0.2) is 0 Å². The monoisotopic (exact) mass is 281 g/mol. The fraction of sp³-hybridized carbons (Fsp3) is 0.143. The van der Waals surface area contributed by atoms with Gasteiger partial charge in [0.05, 0.1) is 0 Å². The van der Waals surface area contributed by atoms with Crippen molar-refractivity contribution in [3.63, 3.8) is 0 Å². The van der Waals surface area contributed by atoms with Gasteiger partial charge in [-0.15, -0.1) is 0 Å². The predicted octanol–water partition coefficient (Wildman–Crippen LogP) is 4.07. The summed E-state index contributed by atoms with van der Waals surface area (Å²) in [7, 11) is 0. The van der Waals surface area contributed by atoms with Crippen LogP contribution in [-0.4, -0.2) is 6.54 Å². The second-order valence-electron chi connectivity index (χ2n) is 3.85. The Morgan fingerprint density at radius 2 is 1.72 bits per heavy atom. The van der Waals surface area contributed by atoms with E-state index in [4.69, 9.17) is 33.7 Å². The minimum atomic E-state index is -0.218. The van der Waals surface area contributed by atoms with Crippen LogP contribution in [-0.2, 0) is 0 Å². The molecule has 0 spiro atoms. The van der Waals surface area contributed by atoms with Gasteiger partial charge in [-0.2, -0.15) is 0 Å². The van der Waals surface area contributed by atoms with Gasteiger partial charge in [-0.05, 0) is 42.0 Å². The van der Waals surface area contributed by atoms with Crippen molar-refractivity contribution in [1.29, 1.82) is 0 Å². The molecular formula is C14H13Cl2NO. The highest BCUT2D eigenvalue weighted by atomic mass is 35.5. The van der Waals surface area contributed by atoms with E-state index in [9.17, 15) is 0 Å². The highest BCUT2D eigenvalue weighted by Gasteiger charge is 2.11. The van der Waals surface area contributed by atoms with Crippen LogP contribution < -0.4 is 10.5 Å². The Balaban J connectivity index is 2.17. The SMILES string of the molecule is NCC(Oc1ccc(Cl)cc1)c1cccc(Cl)c1. The lowest BCUT2D eigenvalue weighted by Crippen LogP contribution is -2.18. The van der Waals surface area contributed by atoms with Crippen LogP contribution in [0.5, 0.6) is 5.75 Å². The first-order valence-electron chi connectivity index (χ1n) is 5.57. The van der Waals surface area contributed by atoms with Gasteiger partial charge in [0.2, 0.25) is 0 Å². The smallest absolute Gasteiger partial charge is 0.136 e. The van der Waals surface area contributed by atoms with Gasteiger partial charge >= 0.3 is 0 Å². The molecule has 0 aliphatic rings. The van der Waals surface area contributed by atoms with Crippen LogP contribution in [0.1, 0.15) is 11.7 Å². The van der Waals surface area contributed by atoms with Crippen LogP contribution in [0.15, 0.2) is 48.5 Å². The molecule has 0 radical (unpaired) electrons. The van der Waals surface area contributed by atoms with Gasteiger partial charge in [-0.1, -0.05) is 35.3 Å². The van der Waals surface area contributed by atoms with Crippen LogP contribution in [0, 0.1) is 0 Å². The molecule has 0 saturated carbocycles. The Bertz CT molecular complexity index is 513. The molecule has 0 heterocycles. The Morgan fingerprint density at radius 3 is 2.33 bits per heavy atom. The van der Waals surface area contributed by atoms with Crippen molar-refractivity contribution in [2.45, 2.75) is 6.10 Å². The lowest BCUT2D eigenvalue weighted by atomic mass is 10.1. The molecule has 18 heavy (non-hydrogen) atoms. The summed E-state index contributed by atoms with van der Waals surface area (Å²) >= 11 is 11.8. The maximum atomic E-state index is 5.96. The van der Waals surface area contributed by atoms with Crippen LogP contribution in [0.3, 0.4) is 0 Å². The van der Waals surface area contributed by atoms with Crippen molar-refractivity contribution in [3.05, 3.63) is 64.1 Å². The van der Waals surface area contributed by atoms with E-state index in [-0.39, 0.29) is 6.10 Å². The molecule has 4 heteroatoms. The molecule has 0 fully saturated rings. The first-order chi connectivity index (χ1) is 8.69. The predicted molar refractivity (Wildman–Crippen MR) is 75.3 cm³/mol. The highest BCUT2D eigenvalue weighted by Crippen LogP contribution is 2.24. The molecular weight excluding hydrogens is 269 g/mol. The first-order valence-corrected chi connectivity index (χ1v) is 6.32. The van der Waals surface area contributed by atoms with E-state index in [0.717, 1.165) is 11.3 Å². The van der Waals surface area contributed by atoms with Gasteiger partial charge in [0, 0.05) is 16.6 Å². The second kappa shape index (κ2) is 6.10. The average molecular weight is 282 g/mol. The van der Waals surface area contributed by atoms with E-state index < -0.39 is 0 Å². The summed E-state index contributed by atoms with van der Waals surface area (Å²) < 4.78 is 5.82. The largest absolute Gasteiger partial charge is 0.484 e. The Morgan fingerprint density at radius 1 is 1.00 bits per heavy atom. The minimum Gasteiger partial charge on any atom is -0.484 e. The number of hydrogen-bond acceptors (Lipinski definition) is 2. The molecule has 0 aromatic heterocycles. The van der Waals surface area contributed by atoms with Gasteiger partial charge in [-0.25, -0.2) is 0 Å². The summed E-state index contributed by atoms with van der Waals surface area (Å²) in [5, 5.41) is 1.35. The topological polar surface area (TPSA) is 35.2 Å². The summed E-state index contributed by atoms with van der Waals surface area (Å²) in [4.78, 5) is 0. The molecule has 2 N–H and O–H groups in total. The number of halogens is 2. The number of benzene rings is 2. The second-order valence-corrected chi connectivity index (χ2v) is 4.72. The molecule has 1 atom stereocenters. The third-order valence-electron chi connectivity index (χ3n) is 2.53. The van der Waals surface area contributed by atoms with Crippen LogP contribution in [0.25, 0.3) is 0 Å². The minimum absolute atomic E-state index is 0.218. The fourth-order valence-electron chi connectivity index (χ4n) is 1.64. The van der Waals surface area contributed by atoms with E-state index in [1.165, 1.54) is 0 Å². The molecule has 0 aliphatic heterocycles. The Hall–Kier alpha value is -1.22. The molecule has 1 unspecified atom stereocenters. The zero-order valence-electron chi connectivity index (χ0n) is 9.64. The number of hydrogen-bond donors (Lipinski definition) is 1. The van der Waals surface area contributed by atoms with Gasteiger partial charge in [0.1, 0.15) is 11.9 Å². The molecule has 0 saturated heterocycles. The van der Waals surface area contributed by atoms with Crippen LogP contribution >= 0.6 is 23.2 Å². The van der Waals surface area contributed by atoms with E-state index in [0.29, 0.717) is 16.6 Å². The van der Waals surface area contributed by atoms with Crippen molar-refractivity contribution in [3.8, 4) is 5.75 Å². The highest BCUT2D eigenvalue weighted by molar-refractivity contribution is 6.30. The van der Waals surface area contributed by atoms with E-state index in [1.54, 1.807) is 12.1 Å². The van der Waals surface area contributed by atoms with Gasteiger partial charge in [0.25, 0.3) is 0 Å². The van der Waals surface area contributed by atoms with Crippen molar-refractivity contribution < 1.29 is 4.74 Å². The maximum Gasteiger partial charge on any atom is 0.136 e. The number of rotatable bonds is 4. The van der Waals surface area contributed by atoms with Crippen LogP contribution in [0.4, 0.5) is 0 Å². The molecule has 2 rings (SSSR count). The average Bonchev–Trinajstić information content (AvgIpc) is 2.38. The first kappa shape index (κ1) is 13.2. The van der Waals surface area contributed by atoms with E-state index >= 15 is 0 Å². The van der Waals surface area contributed by atoms with Crippen molar-refractivity contribution in [1.82, 2.24) is 0 Å². The molecule has 0 aliphatic carbocycles. The summed E-state index contributed by atoms with van der Waals surface area (Å²) in [6.07, 6.45) is -0.218. The number of nitrogens with two attached hydrogens (primary N) is 1. The Kier molecular flexibility index (Phi) is 4.48. The Labute approximate surface area is 116 Å². The summed E-state index contributed by atoms with van der Waals surface area (Å²) in [6.45, 7) is 0.378. The zero-order chi connectivity index (χ0) is 13.0. The van der Waals surface area contributed by atoms with Gasteiger partial charge in [-0.3, -0.25) is 0 Å². The van der Waals surface area contributed by atoms with Gasteiger partial charge < -0.3 is 10.5 Å². The quantitative estimate of drug-likeness (QED) is 0.917. The molecule has 2 nitrogen and oxygen atoms in total. The molecule has 2 aromatic rings. The maximum absolute atomic E-state index is 5.96. The molecule has 94 valence electrons. The molecule has 0 amide bonds. The number of ether oxygens (including phenoxy) is 1. The third-order valence-corrected chi connectivity index (χ3v) is 3.01. The summed E-state index contributed by atoms with van der Waals surface area (Å²) in [5.74, 6) is 0.731. The fourth-order valence-corrected chi connectivity index (χ4v) is 1.96. The van der Waals surface area contributed by atoms with Crippen molar-refractivity contribution >= 4 is 23.2 Å². The summed E-state index contributed by atoms with van der Waals surface area (Å²) in [6, 6.07) is 14.7. The molecule has 2 aromatic carbocycles. The van der Waals surface area contributed by atoms with E-state index in [1.807, 2.05) is 36.4 Å². The summed E-state index contributed by atoms with van der Waals surface area (Å²) in [5.41, 5.74) is 6.70. The normalized spacial score (nSPS) is 12.2. The molecule has 0 bridgehead atoms. The lowest BCUT2D eigenvalue weighted by molar-refractivity contribution is 0.214. The lowest BCUT2D eigenvalue weighted by Gasteiger charge is -2.18. The van der Waals surface area contributed by atoms with E-state index in [2.05, 4.69) is 0 Å². The zero-order valence-corrected chi connectivity index (χ0v) is 11.2.